The number of aromatic nitrogens is 6. The number of hydrogen-bond acceptors (Lipinski definition) is 10. The molecule has 0 radical (unpaired) electrons. The standard InChI is InChI=1S/C10H12N6O4S2/c1-3-19-9(17)5-7(13-15-11-5)21-22-8-6(12-16-14-8)10(18)20-4-2/h3-4H2,1-2H3,(H,11,13,15)(H,12,14,16). The highest BCUT2D eigenvalue weighted by Gasteiger charge is 2.22. The first kappa shape index (κ1) is 16.3. The minimum absolute atomic E-state index is 0.0699. The Morgan fingerprint density at radius 3 is 1.64 bits per heavy atom. The fraction of sp³-hybridized carbons (Fsp3) is 0.400. The van der Waals surface area contributed by atoms with Crippen molar-refractivity contribution < 1.29 is 19.1 Å². The monoisotopic (exact) mass is 344 g/mol. The van der Waals surface area contributed by atoms with Crippen LogP contribution in [0, 0.1) is 0 Å². The zero-order chi connectivity index (χ0) is 15.9. The lowest BCUT2D eigenvalue weighted by Gasteiger charge is -2.00. The number of H-pyrrole nitrogens is 2. The summed E-state index contributed by atoms with van der Waals surface area (Å²) < 4.78 is 9.73. The quantitative estimate of drug-likeness (QED) is 0.554. The Balaban J connectivity index is 2.06. The average Bonchev–Trinajstić information content (AvgIpc) is 3.14. The lowest BCUT2D eigenvalue weighted by molar-refractivity contribution is 0.0505. The summed E-state index contributed by atoms with van der Waals surface area (Å²) in [6, 6.07) is 0. The molecule has 0 spiro atoms. The molecule has 0 fully saturated rings. The van der Waals surface area contributed by atoms with E-state index in [1.165, 1.54) is 0 Å². The molecule has 0 aromatic carbocycles. The minimum atomic E-state index is -0.579. The molecule has 22 heavy (non-hydrogen) atoms. The van der Waals surface area contributed by atoms with Crippen LogP contribution in [0.3, 0.4) is 0 Å². The molecular weight excluding hydrogens is 332 g/mol. The third-order valence-corrected chi connectivity index (χ3v) is 4.33. The van der Waals surface area contributed by atoms with Crippen LogP contribution in [0.1, 0.15) is 34.8 Å². The van der Waals surface area contributed by atoms with Crippen LogP contribution in [0.2, 0.25) is 0 Å². The van der Waals surface area contributed by atoms with Crippen LogP contribution in [-0.2, 0) is 9.47 Å². The number of esters is 2. The molecule has 12 heteroatoms. The van der Waals surface area contributed by atoms with E-state index in [1.54, 1.807) is 13.8 Å². The number of ether oxygens (including phenoxy) is 2. The molecule has 0 saturated carbocycles. The number of hydrogen-bond donors (Lipinski definition) is 2. The van der Waals surface area contributed by atoms with Crippen LogP contribution in [0.15, 0.2) is 10.1 Å². The van der Waals surface area contributed by atoms with Gasteiger partial charge in [-0.25, -0.2) is 9.59 Å². The van der Waals surface area contributed by atoms with E-state index in [-0.39, 0.29) is 24.6 Å². The van der Waals surface area contributed by atoms with E-state index in [0.29, 0.717) is 10.1 Å². The number of carbonyl (C=O) groups excluding carboxylic acids is 2. The Kier molecular flexibility index (Phi) is 5.77. The number of carbonyl (C=O) groups is 2. The molecule has 0 aliphatic carbocycles. The van der Waals surface area contributed by atoms with Gasteiger partial charge >= 0.3 is 11.9 Å². The van der Waals surface area contributed by atoms with Crippen LogP contribution < -0.4 is 0 Å². The summed E-state index contributed by atoms with van der Waals surface area (Å²) in [7, 11) is 2.19. The third kappa shape index (κ3) is 3.76. The second kappa shape index (κ2) is 7.79. The van der Waals surface area contributed by atoms with Crippen molar-refractivity contribution in [3.8, 4) is 0 Å². The van der Waals surface area contributed by atoms with E-state index < -0.39 is 11.9 Å². The molecule has 2 heterocycles. The van der Waals surface area contributed by atoms with Crippen LogP contribution in [0.5, 0.6) is 0 Å². The summed E-state index contributed by atoms with van der Waals surface area (Å²) in [4.78, 5) is 23.3. The highest BCUT2D eigenvalue weighted by Crippen LogP contribution is 2.37. The smallest absolute Gasteiger partial charge is 0.361 e. The SMILES string of the molecule is CCOC(=O)c1n[nH]nc1SSc1n[nH]nc1C(=O)OCC. The van der Waals surface area contributed by atoms with Gasteiger partial charge < -0.3 is 9.47 Å². The van der Waals surface area contributed by atoms with Crippen LogP contribution in [0.25, 0.3) is 0 Å². The maximum atomic E-state index is 11.7. The average molecular weight is 344 g/mol. The van der Waals surface area contributed by atoms with Gasteiger partial charge in [0.05, 0.1) is 13.2 Å². The van der Waals surface area contributed by atoms with Gasteiger partial charge in [-0.2, -0.15) is 10.4 Å². The number of rotatable bonds is 7. The van der Waals surface area contributed by atoms with Gasteiger partial charge in [-0.3, -0.25) is 0 Å². The molecule has 0 aliphatic rings. The van der Waals surface area contributed by atoms with Crippen molar-refractivity contribution in [2.75, 3.05) is 13.2 Å². The van der Waals surface area contributed by atoms with E-state index >= 15 is 0 Å². The van der Waals surface area contributed by atoms with E-state index in [4.69, 9.17) is 9.47 Å². The first-order chi connectivity index (χ1) is 10.7. The molecular formula is C10H12N6O4S2. The molecule has 2 N–H and O–H groups in total. The van der Waals surface area contributed by atoms with Crippen molar-refractivity contribution in [1.29, 1.82) is 0 Å². The summed E-state index contributed by atoms with van der Waals surface area (Å²) >= 11 is 0. The fourth-order valence-corrected chi connectivity index (χ4v) is 3.20. The Hall–Kier alpha value is -2.08. The summed E-state index contributed by atoms with van der Waals surface area (Å²) in [5.41, 5.74) is 0.140. The first-order valence-corrected chi connectivity index (χ1v) is 8.32. The van der Waals surface area contributed by atoms with Gasteiger partial charge in [0.25, 0.3) is 0 Å². The van der Waals surface area contributed by atoms with Gasteiger partial charge in [-0.1, -0.05) is 0 Å². The third-order valence-electron chi connectivity index (χ3n) is 2.17. The van der Waals surface area contributed by atoms with E-state index in [2.05, 4.69) is 30.8 Å². The predicted molar refractivity (Wildman–Crippen MR) is 76.4 cm³/mol. The zero-order valence-corrected chi connectivity index (χ0v) is 13.3. The maximum absolute atomic E-state index is 11.7. The van der Waals surface area contributed by atoms with Gasteiger partial charge in [-0.15, -0.1) is 20.4 Å². The van der Waals surface area contributed by atoms with Crippen molar-refractivity contribution in [2.24, 2.45) is 0 Å². The Bertz CT molecular complexity index is 601. The molecule has 2 rings (SSSR count). The molecule has 2 aromatic heterocycles. The Morgan fingerprint density at radius 1 is 0.864 bits per heavy atom. The molecule has 0 atom stereocenters. The van der Waals surface area contributed by atoms with E-state index in [0.717, 1.165) is 21.6 Å². The fourth-order valence-electron chi connectivity index (χ4n) is 1.30. The van der Waals surface area contributed by atoms with Gasteiger partial charge in [0.2, 0.25) is 11.4 Å². The molecule has 0 bridgehead atoms. The largest absolute Gasteiger partial charge is 0.461 e. The lowest BCUT2D eigenvalue weighted by Crippen LogP contribution is -2.06. The van der Waals surface area contributed by atoms with Crippen molar-refractivity contribution in [3.63, 3.8) is 0 Å². The van der Waals surface area contributed by atoms with Gasteiger partial charge in [0, 0.05) is 0 Å². The Labute approximate surface area is 132 Å². The Morgan fingerprint density at radius 2 is 1.27 bits per heavy atom. The molecule has 10 nitrogen and oxygen atoms in total. The zero-order valence-electron chi connectivity index (χ0n) is 11.7. The van der Waals surface area contributed by atoms with Crippen molar-refractivity contribution >= 4 is 33.5 Å². The summed E-state index contributed by atoms with van der Waals surface area (Å²) in [6.07, 6.45) is 0. The molecule has 0 saturated heterocycles. The van der Waals surface area contributed by atoms with Crippen molar-refractivity contribution in [3.05, 3.63) is 11.4 Å². The number of nitrogens with one attached hydrogen (secondary N) is 2. The number of aromatic amines is 2. The highest BCUT2D eigenvalue weighted by atomic mass is 33.1. The van der Waals surface area contributed by atoms with Gasteiger partial charge in [-0.05, 0) is 35.4 Å². The number of nitrogens with zero attached hydrogens (tertiary/aromatic N) is 4. The van der Waals surface area contributed by atoms with E-state index in [1.807, 2.05) is 0 Å². The van der Waals surface area contributed by atoms with Crippen molar-refractivity contribution in [1.82, 2.24) is 30.8 Å². The summed E-state index contributed by atoms with van der Waals surface area (Å²) in [5.74, 6) is -1.16. The van der Waals surface area contributed by atoms with E-state index in [9.17, 15) is 9.59 Å². The summed E-state index contributed by atoms with van der Waals surface area (Å²) in [6.45, 7) is 3.86. The van der Waals surface area contributed by atoms with Crippen molar-refractivity contribution in [2.45, 2.75) is 23.9 Å². The van der Waals surface area contributed by atoms with Crippen LogP contribution in [0.4, 0.5) is 0 Å². The minimum Gasteiger partial charge on any atom is -0.461 e. The molecule has 118 valence electrons. The lowest BCUT2D eigenvalue weighted by atomic mass is 10.5. The summed E-state index contributed by atoms with van der Waals surface area (Å²) in [5, 5.41) is 20.6. The van der Waals surface area contributed by atoms with Gasteiger partial charge in [0.15, 0.2) is 10.1 Å². The van der Waals surface area contributed by atoms with Gasteiger partial charge in [0.1, 0.15) is 0 Å². The maximum Gasteiger partial charge on any atom is 0.361 e. The highest BCUT2D eigenvalue weighted by molar-refractivity contribution is 8.76. The van der Waals surface area contributed by atoms with Crippen LogP contribution in [-0.4, -0.2) is 56.0 Å². The van der Waals surface area contributed by atoms with Crippen LogP contribution >= 0.6 is 21.6 Å². The topological polar surface area (TPSA) is 136 Å². The molecule has 0 unspecified atom stereocenters. The molecule has 0 amide bonds. The second-order valence-corrected chi connectivity index (χ2v) is 5.67. The molecule has 2 aromatic rings. The predicted octanol–water partition coefficient (Wildman–Crippen LogP) is 1.08. The first-order valence-electron chi connectivity index (χ1n) is 6.17. The molecule has 0 aliphatic heterocycles. The second-order valence-electron chi connectivity index (χ2n) is 3.56. The normalized spacial score (nSPS) is 10.5.